The van der Waals surface area contributed by atoms with Gasteiger partial charge in [-0.05, 0) is 94.6 Å². The molecule has 3 aromatic carbocycles. The van der Waals surface area contributed by atoms with E-state index in [0.29, 0.717) is 25.2 Å². The Morgan fingerprint density at radius 3 is 2.30 bits per heavy atom. The quantitative estimate of drug-likeness (QED) is 0.296. The number of hydrogen-bond donors (Lipinski definition) is 2. The Morgan fingerprint density at radius 1 is 1.00 bits per heavy atom. The average molecular weight is 732 g/mol. The standard InChI is InChI=1S/C36H49N3O9S2/c1-25-10-15-32(16-11-25)50(44,45)38(5)23-35-26(2)22-39(27(3)24-40)36(41)33-21-29(12-19-34(33)48-28(4)9-7-8-20-47-35)37-49(42,43)31-17-13-30(46-6)14-18-31/h10-19,21,26-28,35,37,40H,7-9,20,22-24H2,1-6H3/t26-,27-,28+,35-/m1/s1. The normalized spacial score (nSPS) is 20.4. The molecule has 0 saturated carbocycles. The van der Waals surface area contributed by atoms with Crippen molar-refractivity contribution in [2.45, 2.75) is 75.0 Å². The smallest absolute Gasteiger partial charge is 0.261 e. The predicted octanol–water partition coefficient (Wildman–Crippen LogP) is 4.92. The molecule has 0 spiro atoms. The predicted molar refractivity (Wildman–Crippen MR) is 192 cm³/mol. The maximum absolute atomic E-state index is 14.4. The Hall–Kier alpha value is -3.69. The number of anilines is 1. The third kappa shape index (κ3) is 9.75. The van der Waals surface area contributed by atoms with Crippen LogP contribution in [0.2, 0.25) is 0 Å². The molecular formula is C36H49N3O9S2. The van der Waals surface area contributed by atoms with Crippen molar-refractivity contribution in [3.63, 3.8) is 0 Å². The highest BCUT2D eigenvalue weighted by Crippen LogP contribution is 2.30. The second-order valence-electron chi connectivity index (χ2n) is 12.9. The van der Waals surface area contributed by atoms with E-state index >= 15 is 0 Å². The fourth-order valence-electron chi connectivity index (χ4n) is 5.66. The molecule has 4 rings (SSSR count). The number of benzene rings is 3. The third-order valence-electron chi connectivity index (χ3n) is 8.84. The van der Waals surface area contributed by atoms with Crippen LogP contribution in [0, 0.1) is 12.8 Å². The van der Waals surface area contributed by atoms with Crippen LogP contribution >= 0.6 is 0 Å². The van der Waals surface area contributed by atoms with E-state index in [9.17, 15) is 26.7 Å². The SMILES string of the molecule is COc1ccc(S(=O)(=O)Nc2ccc3c(c2)C(=O)N([C@H](C)CO)C[C@@H](C)[C@@H](CN(C)S(=O)(=O)c2ccc(C)cc2)OCCCC[C@H](C)O3)cc1. The summed E-state index contributed by atoms with van der Waals surface area (Å²) in [7, 11) is -4.84. The first-order valence-corrected chi connectivity index (χ1v) is 19.6. The number of rotatable bonds is 10. The minimum absolute atomic E-state index is 0.0133. The first kappa shape index (κ1) is 39.1. The Balaban J connectivity index is 1.67. The molecule has 0 unspecified atom stereocenters. The largest absolute Gasteiger partial charge is 0.497 e. The molecule has 0 aromatic heterocycles. The van der Waals surface area contributed by atoms with E-state index in [1.165, 1.54) is 41.6 Å². The number of carbonyl (C=O) groups excluding carboxylic acids is 1. The number of ether oxygens (including phenoxy) is 3. The van der Waals surface area contributed by atoms with E-state index in [2.05, 4.69) is 4.72 Å². The van der Waals surface area contributed by atoms with Gasteiger partial charge in [-0.25, -0.2) is 16.8 Å². The van der Waals surface area contributed by atoms with Crippen molar-refractivity contribution in [1.82, 2.24) is 9.21 Å². The van der Waals surface area contributed by atoms with Gasteiger partial charge in [-0.2, -0.15) is 4.31 Å². The summed E-state index contributed by atoms with van der Waals surface area (Å²) in [4.78, 5) is 16.1. The van der Waals surface area contributed by atoms with Crippen molar-refractivity contribution in [2.75, 3.05) is 45.2 Å². The molecule has 1 amide bonds. The molecule has 3 aromatic rings. The molecule has 0 aliphatic carbocycles. The molecule has 12 nitrogen and oxygen atoms in total. The van der Waals surface area contributed by atoms with E-state index in [-0.39, 0.29) is 58.5 Å². The number of aliphatic hydroxyl groups is 1. The monoisotopic (exact) mass is 731 g/mol. The number of likely N-dealkylation sites (N-methyl/N-ethyl adjacent to an activating group) is 1. The van der Waals surface area contributed by atoms with Crippen LogP contribution in [-0.2, 0) is 24.8 Å². The van der Waals surface area contributed by atoms with Gasteiger partial charge in [0.2, 0.25) is 10.0 Å². The molecule has 50 heavy (non-hydrogen) atoms. The number of hydrogen-bond acceptors (Lipinski definition) is 9. The zero-order chi connectivity index (χ0) is 36.6. The van der Waals surface area contributed by atoms with Gasteiger partial charge in [0.25, 0.3) is 15.9 Å². The molecule has 0 fully saturated rings. The van der Waals surface area contributed by atoms with Gasteiger partial charge in [-0.3, -0.25) is 9.52 Å². The average Bonchev–Trinajstić information content (AvgIpc) is 3.09. The fourth-order valence-corrected chi connectivity index (χ4v) is 7.89. The zero-order valence-corrected chi connectivity index (χ0v) is 31.2. The van der Waals surface area contributed by atoms with Crippen LogP contribution in [0.4, 0.5) is 5.69 Å². The van der Waals surface area contributed by atoms with Gasteiger partial charge in [-0.15, -0.1) is 0 Å². The number of methoxy groups -OCH3 is 1. The number of nitrogens with one attached hydrogen (secondary N) is 1. The van der Waals surface area contributed by atoms with Crippen LogP contribution in [0.3, 0.4) is 0 Å². The molecule has 0 bridgehead atoms. The number of carbonyl (C=O) groups is 1. The van der Waals surface area contributed by atoms with Gasteiger partial charge in [0.15, 0.2) is 0 Å². The number of nitrogens with zero attached hydrogens (tertiary/aromatic N) is 2. The Kier molecular flexibility index (Phi) is 13.3. The van der Waals surface area contributed by atoms with Crippen LogP contribution in [0.5, 0.6) is 11.5 Å². The Morgan fingerprint density at radius 2 is 1.66 bits per heavy atom. The van der Waals surface area contributed by atoms with E-state index in [1.807, 2.05) is 20.8 Å². The lowest BCUT2D eigenvalue weighted by atomic mass is 10.0. The summed E-state index contributed by atoms with van der Waals surface area (Å²) in [6.45, 7) is 7.56. The molecule has 1 aliphatic heterocycles. The maximum Gasteiger partial charge on any atom is 0.261 e. The van der Waals surface area contributed by atoms with E-state index < -0.39 is 38.1 Å². The van der Waals surface area contributed by atoms with Crippen LogP contribution in [-0.4, -0.2) is 95.8 Å². The van der Waals surface area contributed by atoms with Gasteiger partial charge in [0, 0.05) is 38.3 Å². The second kappa shape index (κ2) is 17.0. The van der Waals surface area contributed by atoms with Crippen LogP contribution in [0.15, 0.2) is 76.5 Å². The lowest BCUT2D eigenvalue weighted by molar-refractivity contribution is -0.00833. The van der Waals surface area contributed by atoms with Gasteiger partial charge >= 0.3 is 0 Å². The minimum atomic E-state index is -4.02. The molecule has 274 valence electrons. The molecule has 1 aliphatic rings. The van der Waals surface area contributed by atoms with Crippen LogP contribution in [0.25, 0.3) is 0 Å². The summed E-state index contributed by atoms with van der Waals surface area (Å²) in [5.74, 6) is -0.0627. The van der Waals surface area contributed by atoms with Crippen molar-refractivity contribution in [2.24, 2.45) is 5.92 Å². The third-order valence-corrected chi connectivity index (χ3v) is 12.1. The second-order valence-corrected chi connectivity index (χ2v) is 16.6. The van der Waals surface area contributed by atoms with Gasteiger partial charge in [0.05, 0.1) is 47.3 Å². The van der Waals surface area contributed by atoms with Crippen LogP contribution in [0.1, 0.15) is 56.0 Å². The van der Waals surface area contributed by atoms with Crippen molar-refractivity contribution >= 4 is 31.6 Å². The van der Waals surface area contributed by atoms with Gasteiger partial charge in [0.1, 0.15) is 11.5 Å². The van der Waals surface area contributed by atoms with Gasteiger partial charge in [-0.1, -0.05) is 24.6 Å². The van der Waals surface area contributed by atoms with Crippen molar-refractivity contribution in [3.8, 4) is 11.5 Å². The molecular weight excluding hydrogens is 683 g/mol. The lowest BCUT2D eigenvalue weighted by Gasteiger charge is -2.35. The van der Waals surface area contributed by atoms with E-state index in [1.54, 1.807) is 55.5 Å². The van der Waals surface area contributed by atoms with E-state index in [4.69, 9.17) is 14.2 Å². The zero-order valence-electron chi connectivity index (χ0n) is 29.5. The first-order valence-electron chi connectivity index (χ1n) is 16.7. The summed E-state index contributed by atoms with van der Waals surface area (Å²) in [6, 6.07) is 16.5. The van der Waals surface area contributed by atoms with Gasteiger partial charge < -0.3 is 24.2 Å². The fraction of sp³-hybridized carbons (Fsp3) is 0.472. The van der Waals surface area contributed by atoms with Crippen molar-refractivity contribution < 1.29 is 40.9 Å². The summed E-state index contributed by atoms with van der Waals surface area (Å²) >= 11 is 0. The number of fused-ring (bicyclic) bond motifs is 1. The highest BCUT2D eigenvalue weighted by atomic mass is 32.2. The molecule has 0 radical (unpaired) electrons. The number of amides is 1. The Labute approximate surface area is 296 Å². The Bertz CT molecular complexity index is 1800. The summed E-state index contributed by atoms with van der Waals surface area (Å²) < 4.78 is 75.0. The topological polar surface area (TPSA) is 152 Å². The maximum atomic E-state index is 14.4. The summed E-state index contributed by atoms with van der Waals surface area (Å²) in [5, 5.41) is 10.2. The molecule has 14 heteroatoms. The van der Waals surface area contributed by atoms with Crippen molar-refractivity contribution in [1.29, 1.82) is 0 Å². The minimum Gasteiger partial charge on any atom is -0.497 e. The number of aryl methyl sites for hydroxylation is 1. The van der Waals surface area contributed by atoms with E-state index in [0.717, 1.165) is 12.0 Å². The number of sulfonamides is 2. The first-order chi connectivity index (χ1) is 23.7. The number of aliphatic hydroxyl groups excluding tert-OH is 1. The highest BCUT2D eigenvalue weighted by Gasteiger charge is 2.32. The highest BCUT2D eigenvalue weighted by molar-refractivity contribution is 7.92. The molecule has 4 atom stereocenters. The van der Waals surface area contributed by atoms with Crippen molar-refractivity contribution in [3.05, 3.63) is 77.9 Å². The summed E-state index contributed by atoms with van der Waals surface area (Å²) in [5.41, 5.74) is 1.22. The molecule has 2 N–H and O–H groups in total. The molecule has 1 heterocycles. The lowest BCUT2D eigenvalue weighted by Crippen LogP contribution is -2.48. The van der Waals surface area contributed by atoms with Crippen LogP contribution < -0.4 is 14.2 Å². The molecule has 0 saturated heterocycles. The summed E-state index contributed by atoms with van der Waals surface area (Å²) in [6.07, 6.45) is 1.26.